The van der Waals surface area contributed by atoms with Crippen LogP contribution in [-0.4, -0.2) is 38.6 Å². The molecule has 7 nitrogen and oxygen atoms in total. The molecule has 1 aromatic heterocycles. The number of non-ortho nitro benzene ring substituents is 1. The van der Waals surface area contributed by atoms with Crippen molar-refractivity contribution in [2.24, 2.45) is 0 Å². The van der Waals surface area contributed by atoms with Gasteiger partial charge in [0, 0.05) is 43.2 Å². The topological polar surface area (TPSA) is 81.3 Å². The van der Waals surface area contributed by atoms with Gasteiger partial charge in [-0.25, -0.2) is 0 Å². The molecule has 0 N–H and O–H groups in total. The number of likely N-dealkylation sites (tertiary alicyclic amines) is 1. The summed E-state index contributed by atoms with van der Waals surface area (Å²) < 4.78 is 1.87. The number of hydrogen-bond acceptors (Lipinski definition) is 4. The Morgan fingerprint density at radius 2 is 2.27 bits per heavy atom. The number of nitrogens with zero attached hydrogens (tertiary/aromatic N) is 4. The molecule has 2 heterocycles. The smallest absolute Gasteiger partial charge is 0.269 e. The van der Waals surface area contributed by atoms with E-state index in [1.54, 1.807) is 18.0 Å². The number of benzene rings is 1. The fourth-order valence-electron chi connectivity index (χ4n) is 2.81. The normalized spacial score (nSPS) is 17.7. The Bertz CT molecular complexity index is 712. The molecule has 2 aromatic rings. The van der Waals surface area contributed by atoms with Crippen molar-refractivity contribution in [3.8, 4) is 0 Å². The minimum absolute atomic E-state index is 0.00453. The van der Waals surface area contributed by atoms with Crippen molar-refractivity contribution in [3.05, 3.63) is 57.9 Å². The Morgan fingerprint density at radius 3 is 2.91 bits per heavy atom. The molecule has 1 saturated heterocycles. The van der Waals surface area contributed by atoms with Gasteiger partial charge in [-0.1, -0.05) is 0 Å². The van der Waals surface area contributed by atoms with E-state index in [1.165, 1.54) is 18.2 Å². The summed E-state index contributed by atoms with van der Waals surface area (Å²) in [4.78, 5) is 24.7. The molecule has 3 rings (SSSR count). The Labute approximate surface area is 127 Å². The lowest BCUT2D eigenvalue weighted by Gasteiger charge is -2.18. The molecule has 1 aromatic carbocycles. The SMILES string of the molecule is Cc1cc([N+](=O)[O-])ccc1C(=O)N1CC[C@H](n2cccn2)C1. The molecule has 0 unspecified atom stereocenters. The maximum absolute atomic E-state index is 12.6. The van der Waals surface area contributed by atoms with Crippen molar-refractivity contribution in [1.82, 2.24) is 14.7 Å². The van der Waals surface area contributed by atoms with E-state index in [2.05, 4.69) is 5.10 Å². The zero-order chi connectivity index (χ0) is 15.7. The average Bonchev–Trinajstić information content (AvgIpc) is 3.17. The Balaban J connectivity index is 1.76. The van der Waals surface area contributed by atoms with Crippen molar-refractivity contribution < 1.29 is 9.72 Å². The first kappa shape index (κ1) is 14.2. The zero-order valence-electron chi connectivity index (χ0n) is 12.2. The van der Waals surface area contributed by atoms with E-state index in [9.17, 15) is 14.9 Å². The summed E-state index contributed by atoms with van der Waals surface area (Å²) in [7, 11) is 0. The fourth-order valence-corrected chi connectivity index (χ4v) is 2.81. The minimum Gasteiger partial charge on any atom is -0.336 e. The number of hydrogen-bond donors (Lipinski definition) is 0. The van der Waals surface area contributed by atoms with Crippen molar-refractivity contribution in [2.75, 3.05) is 13.1 Å². The molecule has 1 fully saturated rings. The third kappa shape index (κ3) is 2.57. The number of aromatic nitrogens is 2. The third-order valence-corrected chi connectivity index (χ3v) is 4.00. The first-order valence-electron chi connectivity index (χ1n) is 7.09. The Morgan fingerprint density at radius 1 is 1.45 bits per heavy atom. The second-order valence-corrected chi connectivity index (χ2v) is 5.44. The van der Waals surface area contributed by atoms with Gasteiger partial charge in [-0.3, -0.25) is 19.6 Å². The van der Waals surface area contributed by atoms with Gasteiger partial charge in [-0.2, -0.15) is 5.10 Å². The number of aryl methyl sites for hydroxylation is 1. The summed E-state index contributed by atoms with van der Waals surface area (Å²) in [5, 5.41) is 15.0. The molecular weight excluding hydrogens is 284 g/mol. The molecule has 0 bridgehead atoms. The van der Waals surface area contributed by atoms with Gasteiger partial charge < -0.3 is 4.90 Å². The molecule has 1 amide bonds. The molecule has 0 aliphatic carbocycles. The fraction of sp³-hybridized carbons (Fsp3) is 0.333. The predicted molar refractivity (Wildman–Crippen MR) is 79.6 cm³/mol. The lowest BCUT2D eigenvalue weighted by molar-refractivity contribution is -0.384. The average molecular weight is 300 g/mol. The first-order valence-corrected chi connectivity index (χ1v) is 7.09. The highest BCUT2D eigenvalue weighted by Gasteiger charge is 2.29. The second-order valence-electron chi connectivity index (χ2n) is 5.44. The third-order valence-electron chi connectivity index (χ3n) is 4.00. The van der Waals surface area contributed by atoms with E-state index in [-0.39, 0.29) is 17.6 Å². The molecule has 114 valence electrons. The number of carbonyl (C=O) groups excluding carboxylic acids is 1. The Kier molecular flexibility index (Phi) is 3.62. The largest absolute Gasteiger partial charge is 0.336 e. The number of carbonyl (C=O) groups is 1. The van der Waals surface area contributed by atoms with E-state index in [4.69, 9.17) is 0 Å². The van der Waals surface area contributed by atoms with Gasteiger partial charge in [-0.15, -0.1) is 0 Å². The summed E-state index contributed by atoms with van der Waals surface area (Å²) in [6, 6.07) is 6.41. The van der Waals surface area contributed by atoms with Crippen LogP contribution in [0.15, 0.2) is 36.7 Å². The van der Waals surface area contributed by atoms with E-state index >= 15 is 0 Å². The van der Waals surface area contributed by atoms with Crippen LogP contribution in [-0.2, 0) is 0 Å². The van der Waals surface area contributed by atoms with Crippen LogP contribution in [0.4, 0.5) is 5.69 Å². The van der Waals surface area contributed by atoms with Crippen molar-refractivity contribution in [2.45, 2.75) is 19.4 Å². The van der Waals surface area contributed by atoms with Gasteiger partial charge in [0.15, 0.2) is 0 Å². The van der Waals surface area contributed by atoms with Crippen LogP contribution in [0.3, 0.4) is 0 Å². The standard InChI is InChI=1S/C15H16N4O3/c1-11-9-12(19(21)22)3-4-14(11)15(20)17-8-5-13(10-17)18-7-2-6-16-18/h2-4,6-7,9,13H,5,8,10H2,1H3/t13-/m0/s1. The summed E-state index contributed by atoms with van der Waals surface area (Å²) in [5.41, 5.74) is 1.15. The summed E-state index contributed by atoms with van der Waals surface area (Å²) in [6.45, 7) is 3.00. The lowest BCUT2D eigenvalue weighted by Crippen LogP contribution is -2.29. The highest BCUT2D eigenvalue weighted by molar-refractivity contribution is 5.96. The van der Waals surface area contributed by atoms with Gasteiger partial charge in [0.25, 0.3) is 11.6 Å². The van der Waals surface area contributed by atoms with Gasteiger partial charge in [-0.05, 0) is 31.0 Å². The number of rotatable bonds is 3. The van der Waals surface area contributed by atoms with Crippen LogP contribution < -0.4 is 0 Å². The zero-order valence-corrected chi connectivity index (χ0v) is 12.2. The van der Waals surface area contributed by atoms with E-state index in [0.29, 0.717) is 24.2 Å². The molecule has 7 heteroatoms. The molecular formula is C15H16N4O3. The minimum atomic E-state index is -0.454. The monoisotopic (exact) mass is 300 g/mol. The number of amides is 1. The van der Waals surface area contributed by atoms with Gasteiger partial charge in [0.1, 0.15) is 0 Å². The van der Waals surface area contributed by atoms with E-state index in [1.807, 2.05) is 16.9 Å². The van der Waals surface area contributed by atoms with Crippen LogP contribution in [0.2, 0.25) is 0 Å². The second kappa shape index (κ2) is 5.59. The highest BCUT2D eigenvalue weighted by Crippen LogP contribution is 2.24. The van der Waals surface area contributed by atoms with E-state index in [0.717, 1.165) is 6.42 Å². The van der Waals surface area contributed by atoms with Crippen molar-refractivity contribution in [1.29, 1.82) is 0 Å². The van der Waals surface area contributed by atoms with Crippen LogP contribution in [0, 0.1) is 17.0 Å². The Hall–Kier alpha value is -2.70. The van der Waals surface area contributed by atoms with E-state index < -0.39 is 4.92 Å². The van der Waals surface area contributed by atoms with Crippen LogP contribution in [0.5, 0.6) is 0 Å². The van der Waals surface area contributed by atoms with Gasteiger partial charge in [0.05, 0.1) is 11.0 Å². The molecule has 22 heavy (non-hydrogen) atoms. The summed E-state index contributed by atoms with van der Waals surface area (Å²) in [6.07, 6.45) is 4.49. The maximum atomic E-state index is 12.6. The van der Waals surface area contributed by atoms with Gasteiger partial charge >= 0.3 is 0 Å². The van der Waals surface area contributed by atoms with Crippen LogP contribution in [0.1, 0.15) is 28.4 Å². The van der Waals surface area contributed by atoms with Gasteiger partial charge in [0.2, 0.25) is 0 Å². The highest BCUT2D eigenvalue weighted by atomic mass is 16.6. The molecule has 0 spiro atoms. The molecule has 1 aliphatic heterocycles. The molecule has 0 saturated carbocycles. The molecule has 1 aliphatic rings. The van der Waals surface area contributed by atoms with Crippen LogP contribution in [0.25, 0.3) is 0 Å². The lowest BCUT2D eigenvalue weighted by atomic mass is 10.1. The quantitative estimate of drug-likeness (QED) is 0.642. The van der Waals surface area contributed by atoms with Crippen molar-refractivity contribution >= 4 is 11.6 Å². The summed E-state index contributed by atoms with van der Waals surface area (Å²) in [5.74, 6) is -0.0814. The maximum Gasteiger partial charge on any atom is 0.269 e. The number of nitro benzene ring substituents is 1. The number of nitro groups is 1. The predicted octanol–water partition coefficient (Wildman–Crippen LogP) is 2.19. The van der Waals surface area contributed by atoms with Crippen LogP contribution >= 0.6 is 0 Å². The van der Waals surface area contributed by atoms with Crippen molar-refractivity contribution in [3.63, 3.8) is 0 Å². The molecule has 1 atom stereocenters. The first-order chi connectivity index (χ1) is 10.6. The molecule has 0 radical (unpaired) electrons. The summed E-state index contributed by atoms with van der Waals surface area (Å²) >= 11 is 0.